The minimum absolute atomic E-state index is 0.0205. The van der Waals surface area contributed by atoms with Gasteiger partial charge in [-0.3, -0.25) is 10.00 Å². The summed E-state index contributed by atoms with van der Waals surface area (Å²) in [5.41, 5.74) is 5.19. The molecule has 0 radical (unpaired) electrons. The largest absolute Gasteiger partial charge is 0.448 e. The fourth-order valence-electron chi connectivity index (χ4n) is 3.84. The van der Waals surface area contributed by atoms with Gasteiger partial charge in [0.15, 0.2) is 0 Å². The van der Waals surface area contributed by atoms with Crippen molar-refractivity contribution in [3.8, 4) is 11.1 Å². The van der Waals surface area contributed by atoms with E-state index in [-0.39, 0.29) is 12.5 Å². The molecule has 6 heteroatoms. The van der Waals surface area contributed by atoms with Crippen LogP contribution in [-0.4, -0.2) is 33.2 Å². The molecule has 0 saturated carbocycles. The summed E-state index contributed by atoms with van der Waals surface area (Å²) in [6.07, 6.45) is 1.06. The topological polar surface area (TPSA) is 76.4 Å². The highest BCUT2D eigenvalue weighted by molar-refractivity contribution is 5.85. The molecule has 4 rings (SSSR count). The summed E-state index contributed by atoms with van der Waals surface area (Å²) in [4.78, 5) is 12.4. The molecule has 1 aliphatic carbocycles. The minimum atomic E-state index is -0.891. The second kappa shape index (κ2) is 7.37. The molecule has 0 spiro atoms. The molecule has 0 atom stereocenters. The molecular weight excluding hydrogens is 366 g/mol. The molecule has 1 aromatic heterocycles. The summed E-state index contributed by atoms with van der Waals surface area (Å²) < 4.78 is 7.24. The third-order valence-electron chi connectivity index (χ3n) is 5.22. The van der Waals surface area contributed by atoms with Crippen molar-refractivity contribution in [2.75, 3.05) is 11.9 Å². The predicted molar refractivity (Wildman–Crippen MR) is 112 cm³/mol. The number of fused-ring (bicyclic) bond motifs is 3. The molecule has 6 nitrogen and oxygen atoms in total. The van der Waals surface area contributed by atoms with Gasteiger partial charge in [-0.05, 0) is 43.0 Å². The number of hydrogen-bond acceptors (Lipinski definition) is 4. The van der Waals surface area contributed by atoms with Crippen molar-refractivity contribution in [2.24, 2.45) is 0 Å². The molecule has 0 aliphatic heterocycles. The van der Waals surface area contributed by atoms with Crippen LogP contribution in [0, 0.1) is 6.92 Å². The van der Waals surface area contributed by atoms with E-state index in [2.05, 4.69) is 34.7 Å². The highest BCUT2D eigenvalue weighted by atomic mass is 16.5. The lowest BCUT2D eigenvalue weighted by molar-refractivity contribution is 0.0571. The first-order valence-corrected chi connectivity index (χ1v) is 9.70. The van der Waals surface area contributed by atoms with Crippen molar-refractivity contribution in [3.05, 3.63) is 71.5 Å². The Morgan fingerprint density at radius 2 is 1.72 bits per heavy atom. The Morgan fingerprint density at radius 1 is 1.14 bits per heavy atom. The first-order valence-electron chi connectivity index (χ1n) is 9.70. The van der Waals surface area contributed by atoms with Gasteiger partial charge < -0.3 is 9.84 Å². The Labute approximate surface area is 170 Å². The SMILES string of the molecule is Cc1c(NC(=O)OCC2c3ccccc3-c3ccccc32)cnn1CC(C)(C)O. The molecule has 0 fully saturated rings. The van der Waals surface area contributed by atoms with E-state index in [1.54, 1.807) is 24.7 Å². The minimum Gasteiger partial charge on any atom is -0.448 e. The normalized spacial score (nSPS) is 13.1. The molecule has 2 aromatic carbocycles. The third kappa shape index (κ3) is 3.89. The number of hydrogen-bond donors (Lipinski definition) is 2. The molecule has 29 heavy (non-hydrogen) atoms. The van der Waals surface area contributed by atoms with Crippen molar-refractivity contribution >= 4 is 11.8 Å². The molecule has 1 heterocycles. The molecular formula is C23H25N3O3. The number of carbonyl (C=O) groups is 1. The second-order valence-corrected chi connectivity index (χ2v) is 8.06. The van der Waals surface area contributed by atoms with Crippen LogP contribution in [0.3, 0.4) is 0 Å². The molecule has 3 aromatic rings. The maximum absolute atomic E-state index is 12.4. The maximum Gasteiger partial charge on any atom is 0.411 e. The fourth-order valence-corrected chi connectivity index (χ4v) is 3.84. The van der Waals surface area contributed by atoms with Crippen LogP contribution in [0.1, 0.15) is 36.6 Å². The smallest absolute Gasteiger partial charge is 0.411 e. The lowest BCUT2D eigenvalue weighted by Gasteiger charge is -2.18. The van der Waals surface area contributed by atoms with Crippen LogP contribution in [-0.2, 0) is 11.3 Å². The third-order valence-corrected chi connectivity index (χ3v) is 5.22. The van der Waals surface area contributed by atoms with Crippen LogP contribution < -0.4 is 5.32 Å². The van der Waals surface area contributed by atoms with E-state index >= 15 is 0 Å². The number of benzene rings is 2. The maximum atomic E-state index is 12.4. The number of rotatable bonds is 5. The molecule has 0 bridgehead atoms. The average molecular weight is 391 g/mol. The van der Waals surface area contributed by atoms with Crippen molar-refractivity contribution < 1.29 is 14.6 Å². The highest BCUT2D eigenvalue weighted by Crippen LogP contribution is 2.44. The summed E-state index contributed by atoms with van der Waals surface area (Å²) in [7, 11) is 0. The van der Waals surface area contributed by atoms with Gasteiger partial charge in [0.25, 0.3) is 0 Å². The number of carbonyl (C=O) groups excluding carboxylic acids is 1. The molecule has 1 aliphatic rings. The molecule has 1 amide bonds. The van der Waals surface area contributed by atoms with Crippen LogP contribution in [0.2, 0.25) is 0 Å². The van der Waals surface area contributed by atoms with Crippen molar-refractivity contribution in [1.82, 2.24) is 9.78 Å². The number of ether oxygens (including phenoxy) is 1. The summed E-state index contributed by atoms with van der Waals surface area (Å²) >= 11 is 0. The zero-order valence-corrected chi connectivity index (χ0v) is 16.8. The van der Waals surface area contributed by atoms with Crippen LogP contribution in [0.5, 0.6) is 0 Å². The van der Waals surface area contributed by atoms with E-state index in [9.17, 15) is 9.90 Å². The zero-order valence-electron chi connectivity index (χ0n) is 16.8. The van der Waals surface area contributed by atoms with Crippen molar-refractivity contribution in [1.29, 1.82) is 0 Å². The summed E-state index contributed by atoms with van der Waals surface area (Å²) in [6.45, 7) is 5.87. The molecule has 0 saturated heterocycles. The van der Waals surface area contributed by atoms with Gasteiger partial charge in [0.1, 0.15) is 6.61 Å². The van der Waals surface area contributed by atoms with E-state index < -0.39 is 11.7 Å². The first kappa shape index (κ1) is 19.2. The van der Waals surface area contributed by atoms with Gasteiger partial charge in [0.2, 0.25) is 0 Å². The number of amides is 1. The number of aliphatic hydroxyl groups is 1. The van der Waals surface area contributed by atoms with Crippen LogP contribution in [0.25, 0.3) is 11.1 Å². The monoisotopic (exact) mass is 391 g/mol. The fraction of sp³-hybridized carbons (Fsp3) is 0.304. The van der Waals surface area contributed by atoms with Gasteiger partial charge >= 0.3 is 6.09 Å². The van der Waals surface area contributed by atoms with E-state index in [0.717, 1.165) is 5.69 Å². The standard InChI is InChI=1S/C23H25N3O3/c1-15-21(12-24-26(15)14-23(2,3)28)25-22(27)29-13-20-18-10-6-4-8-16(18)17-9-5-7-11-19(17)20/h4-12,20,28H,13-14H2,1-3H3,(H,25,27). The number of nitrogens with zero attached hydrogens (tertiary/aromatic N) is 2. The van der Waals surface area contributed by atoms with Crippen molar-refractivity contribution in [3.63, 3.8) is 0 Å². The average Bonchev–Trinajstić information content (AvgIpc) is 3.18. The van der Waals surface area contributed by atoms with Gasteiger partial charge in [-0.25, -0.2) is 4.79 Å². The second-order valence-electron chi connectivity index (χ2n) is 8.06. The molecule has 2 N–H and O–H groups in total. The Morgan fingerprint density at radius 3 is 2.31 bits per heavy atom. The van der Waals surface area contributed by atoms with E-state index in [4.69, 9.17) is 4.74 Å². The van der Waals surface area contributed by atoms with Crippen LogP contribution >= 0.6 is 0 Å². The quantitative estimate of drug-likeness (QED) is 0.679. The highest BCUT2D eigenvalue weighted by Gasteiger charge is 2.29. The Kier molecular flexibility index (Phi) is 4.88. The van der Waals surface area contributed by atoms with E-state index in [1.165, 1.54) is 22.3 Å². The number of nitrogens with one attached hydrogen (secondary N) is 1. The van der Waals surface area contributed by atoms with Crippen LogP contribution in [0.15, 0.2) is 54.7 Å². The molecule has 150 valence electrons. The number of aromatic nitrogens is 2. The first-order chi connectivity index (χ1) is 13.8. The lowest BCUT2D eigenvalue weighted by Crippen LogP contribution is -2.27. The van der Waals surface area contributed by atoms with Gasteiger partial charge in [-0.2, -0.15) is 5.10 Å². The van der Waals surface area contributed by atoms with Gasteiger partial charge in [-0.1, -0.05) is 48.5 Å². The van der Waals surface area contributed by atoms with Gasteiger partial charge in [0, 0.05) is 5.92 Å². The Balaban J connectivity index is 1.45. The zero-order chi connectivity index (χ0) is 20.6. The van der Waals surface area contributed by atoms with Gasteiger partial charge in [0.05, 0.1) is 29.7 Å². The molecule has 0 unspecified atom stereocenters. The Bertz CT molecular complexity index is 1000. The van der Waals surface area contributed by atoms with E-state index in [1.807, 2.05) is 31.2 Å². The summed E-state index contributed by atoms with van der Waals surface area (Å²) in [5, 5.41) is 17.0. The lowest BCUT2D eigenvalue weighted by atomic mass is 9.98. The van der Waals surface area contributed by atoms with E-state index in [0.29, 0.717) is 12.2 Å². The number of anilines is 1. The summed E-state index contributed by atoms with van der Waals surface area (Å²) in [5.74, 6) is 0.0205. The van der Waals surface area contributed by atoms with Gasteiger partial charge in [-0.15, -0.1) is 0 Å². The summed E-state index contributed by atoms with van der Waals surface area (Å²) in [6, 6.07) is 16.5. The van der Waals surface area contributed by atoms with Crippen LogP contribution in [0.4, 0.5) is 10.5 Å². The predicted octanol–water partition coefficient (Wildman–Crippen LogP) is 4.32. The Hall–Kier alpha value is -3.12. The van der Waals surface area contributed by atoms with Crippen molar-refractivity contribution in [2.45, 2.75) is 38.8 Å².